The summed E-state index contributed by atoms with van der Waals surface area (Å²) >= 11 is 0. The summed E-state index contributed by atoms with van der Waals surface area (Å²) in [6, 6.07) is 21.3. The van der Waals surface area contributed by atoms with E-state index < -0.39 is 0 Å². The molecule has 0 saturated carbocycles. The van der Waals surface area contributed by atoms with E-state index in [0.717, 1.165) is 37.2 Å². The first kappa shape index (κ1) is 25.9. The van der Waals surface area contributed by atoms with E-state index in [-0.39, 0.29) is 6.04 Å². The molecule has 2 aromatic rings. The summed E-state index contributed by atoms with van der Waals surface area (Å²) in [6.07, 6.45) is 13.3. The minimum atomic E-state index is 0.205. The topological polar surface area (TPSA) is 44.7 Å². The Morgan fingerprint density at radius 2 is 1.70 bits per heavy atom. The standard InChI is InChI=1S/C24H26N2.C5H11NO/c1-4-5-6-9-14-19(2)23-20(3)24(21-15-10-7-11-16-21)26(25-23)22-17-12-8-13-18-22;1-2-3-4-6-5-7/h4-18,20,24H,1-3H3;5H,2-4H2,1H3,(H,6,7)/b5-4-,9-6-,19-14+;. The zero-order chi connectivity index (χ0) is 23.9. The van der Waals surface area contributed by atoms with Crippen molar-refractivity contribution in [3.63, 3.8) is 0 Å². The van der Waals surface area contributed by atoms with E-state index in [1.165, 1.54) is 11.1 Å². The lowest BCUT2D eigenvalue weighted by molar-refractivity contribution is -0.109. The van der Waals surface area contributed by atoms with Crippen LogP contribution in [0.5, 0.6) is 0 Å². The van der Waals surface area contributed by atoms with Gasteiger partial charge in [0.05, 0.1) is 17.4 Å². The predicted octanol–water partition coefficient (Wildman–Crippen LogP) is 6.85. The van der Waals surface area contributed by atoms with E-state index >= 15 is 0 Å². The molecule has 4 heteroatoms. The summed E-state index contributed by atoms with van der Waals surface area (Å²) in [6.45, 7) is 9.34. The van der Waals surface area contributed by atoms with Crippen molar-refractivity contribution < 1.29 is 4.79 Å². The van der Waals surface area contributed by atoms with E-state index in [9.17, 15) is 4.79 Å². The number of carbonyl (C=O) groups excluding carboxylic acids is 1. The van der Waals surface area contributed by atoms with Gasteiger partial charge in [-0.15, -0.1) is 0 Å². The van der Waals surface area contributed by atoms with Crippen LogP contribution < -0.4 is 10.3 Å². The molecule has 1 amide bonds. The summed E-state index contributed by atoms with van der Waals surface area (Å²) in [4.78, 5) is 9.57. The number of carbonyl (C=O) groups is 1. The third kappa shape index (κ3) is 7.90. The second kappa shape index (κ2) is 14.6. The number of hydrazone groups is 1. The molecule has 1 aliphatic heterocycles. The number of nitrogens with one attached hydrogen (secondary N) is 1. The number of amides is 1. The van der Waals surface area contributed by atoms with Gasteiger partial charge in [-0.05, 0) is 43.5 Å². The van der Waals surface area contributed by atoms with Crippen molar-refractivity contribution in [3.8, 4) is 0 Å². The molecule has 0 fully saturated rings. The zero-order valence-corrected chi connectivity index (χ0v) is 20.3. The van der Waals surface area contributed by atoms with Crippen molar-refractivity contribution in [2.75, 3.05) is 11.6 Å². The van der Waals surface area contributed by atoms with Crippen LogP contribution in [0.15, 0.2) is 102 Å². The van der Waals surface area contributed by atoms with Crippen LogP contribution in [0.2, 0.25) is 0 Å². The highest BCUT2D eigenvalue weighted by atomic mass is 16.1. The Labute approximate surface area is 199 Å². The monoisotopic (exact) mass is 443 g/mol. The van der Waals surface area contributed by atoms with Crippen molar-refractivity contribution >= 4 is 17.8 Å². The predicted molar refractivity (Wildman–Crippen MR) is 141 cm³/mol. The molecular formula is C29H37N3O. The van der Waals surface area contributed by atoms with Gasteiger partial charge in [0.2, 0.25) is 6.41 Å². The van der Waals surface area contributed by atoms with E-state index in [1.54, 1.807) is 0 Å². The van der Waals surface area contributed by atoms with E-state index in [1.807, 2.05) is 31.2 Å². The Kier molecular flexibility index (Phi) is 11.5. The normalized spacial score (nSPS) is 18.2. The van der Waals surface area contributed by atoms with Gasteiger partial charge in [-0.1, -0.05) is 99.2 Å². The van der Waals surface area contributed by atoms with Crippen molar-refractivity contribution in [2.45, 2.75) is 46.6 Å². The molecule has 33 heavy (non-hydrogen) atoms. The van der Waals surface area contributed by atoms with E-state index in [4.69, 9.17) is 5.10 Å². The lowest BCUT2D eigenvalue weighted by atomic mass is 9.88. The average molecular weight is 444 g/mol. The Morgan fingerprint density at radius 1 is 1.03 bits per heavy atom. The van der Waals surface area contributed by atoms with Crippen molar-refractivity contribution in [3.05, 3.63) is 102 Å². The summed E-state index contributed by atoms with van der Waals surface area (Å²) in [5.74, 6) is 0.309. The Balaban J connectivity index is 0.000000479. The quantitative estimate of drug-likeness (QED) is 0.262. The van der Waals surface area contributed by atoms with Crippen LogP contribution in [-0.2, 0) is 4.79 Å². The largest absolute Gasteiger partial charge is 0.359 e. The fraction of sp³-hybridized carbons (Fsp3) is 0.310. The van der Waals surface area contributed by atoms with E-state index in [2.05, 4.69) is 97.8 Å². The van der Waals surface area contributed by atoms with Crippen LogP contribution in [0.1, 0.15) is 52.1 Å². The highest BCUT2D eigenvalue weighted by Crippen LogP contribution is 2.40. The van der Waals surface area contributed by atoms with Gasteiger partial charge >= 0.3 is 0 Å². The summed E-state index contributed by atoms with van der Waals surface area (Å²) in [5, 5.41) is 9.76. The third-order valence-corrected chi connectivity index (χ3v) is 5.47. The maximum atomic E-state index is 9.57. The number of benzene rings is 2. The first-order valence-electron chi connectivity index (χ1n) is 11.7. The third-order valence-electron chi connectivity index (χ3n) is 5.47. The first-order valence-corrected chi connectivity index (χ1v) is 11.7. The van der Waals surface area contributed by atoms with Crippen LogP contribution in [-0.4, -0.2) is 18.7 Å². The van der Waals surface area contributed by atoms with Gasteiger partial charge in [0, 0.05) is 12.5 Å². The van der Waals surface area contributed by atoms with Crippen LogP contribution in [0.3, 0.4) is 0 Å². The number of allylic oxidation sites excluding steroid dienone is 6. The number of hydrogen-bond acceptors (Lipinski definition) is 3. The molecule has 0 aliphatic carbocycles. The van der Waals surface area contributed by atoms with Gasteiger partial charge in [-0.25, -0.2) is 0 Å². The minimum absolute atomic E-state index is 0.205. The average Bonchev–Trinajstić information content (AvgIpc) is 3.21. The van der Waals surface area contributed by atoms with Gasteiger partial charge in [0.1, 0.15) is 0 Å². The van der Waals surface area contributed by atoms with Gasteiger partial charge in [0.25, 0.3) is 0 Å². The molecule has 2 unspecified atom stereocenters. The number of para-hydroxylation sites is 1. The second-order valence-corrected chi connectivity index (χ2v) is 8.00. The lowest BCUT2D eigenvalue weighted by Gasteiger charge is -2.27. The summed E-state index contributed by atoms with van der Waals surface area (Å²) in [5.41, 5.74) is 4.77. The highest BCUT2D eigenvalue weighted by molar-refractivity contribution is 6.04. The van der Waals surface area contributed by atoms with Crippen molar-refractivity contribution in [1.82, 2.24) is 5.32 Å². The Morgan fingerprint density at radius 3 is 2.30 bits per heavy atom. The van der Waals surface area contributed by atoms with Crippen LogP contribution >= 0.6 is 0 Å². The molecular weight excluding hydrogens is 406 g/mol. The second-order valence-electron chi connectivity index (χ2n) is 8.00. The van der Waals surface area contributed by atoms with Gasteiger partial charge in [0.15, 0.2) is 0 Å². The maximum absolute atomic E-state index is 9.57. The summed E-state index contributed by atoms with van der Waals surface area (Å²) < 4.78 is 0. The highest BCUT2D eigenvalue weighted by Gasteiger charge is 2.36. The molecule has 0 saturated heterocycles. The number of nitrogens with zero attached hydrogens (tertiary/aromatic N) is 2. The molecule has 2 atom stereocenters. The molecule has 4 nitrogen and oxygen atoms in total. The van der Waals surface area contributed by atoms with Gasteiger partial charge < -0.3 is 5.32 Å². The van der Waals surface area contributed by atoms with Gasteiger partial charge in [-0.2, -0.15) is 5.10 Å². The number of anilines is 1. The lowest BCUT2D eigenvalue weighted by Crippen LogP contribution is -2.23. The molecule has 0 spiro atoms. The Hall–Kier alpha value is -3.40. The minimum Gasteiger partial charge on any atom is -0.359 e. The summed E-state index contributed by atoms with van der Waals surface area (Å²) in [7, 11) is 0. The number of unbranched alkanes of at least 4 members (excludes halogenated alkanes) is 1. The fourth-order valence-electron chi connectivity index (χ4n) is 3.75. The number of rotatable bonds is 9. The molecule has 0 radical (unpaired) electrons. The Bertz CT molecular complexity index is 945. The van der Waals surface area contributed by atoms with Crippen molar-refractivity contribution in [1.29, 1.82) is 0 Å². The molecule has 2 aromatic carbocycles. The SMILES string of the molecule is CCCCNC=O.C\C=C/C=C\C=C(/C)C1=NN(c2ccccc2)C(c2ccccc2)C1C. The smallest absolute Gasteiger partial charge is 0.207 e. The zero-order valence-electron chi connectivity index (χ0n) is 20.3. The molecule has 1 N–H and O–H groups in total. The molecule has 0 aromatic heterocycles. The van der Waals surface area contributed by atoms with Crippen LogP contribution in [0.25, 0.3) is 0 Å². The van der Waals surface area contributed by atoms with Crippen LogP contribution in [0.4, 0.5) is 5.69 Å². The van der Waals surface area contributed by atoms with E-state index in [0.29, 0.717) is 5.92 Å². The first-order chi connectivity index (χ1) is 16.1. The molecule has 1 heterocycles. The molecule has 3 rings (SSSR count). The maximum Gasteiger partial charge on any atom is 0.207 e. The number of hydrogen-bond donors (Lipinski definition) is 1. The fourth-order valence-corrected chi connectivity index (χ4v) is 3.75. The van der Waals surface area contributed by atoms with Gasteiger partial charge in [-0.3, -0.25) is 9.80 Å². The van der Waals surface area contributed by atoms with Crippen molar-refractivity contribution in [2.24, 2.45) is 11.0 Å². The molecule has 1 aliphatic rings. The van der Waals surface area contributed by atoms with Crippen LogP contribution in [0, 0.1) is 5.92 Å². The molecule has 0 bridgehead atoms. The molecule has 174 valence electrons.